The van der Waals surface area contributed by atoms with Crippen LogP contribution in [0.4, 0.5) is 0 Å². The average molecular weight is 477 g/mol. The van der Waals surface area contributed by atoms with Crippen LogP contribution in [0.25, 0.3) is 0 Å². The first kappa shape index (κ1) is 26.1. The van der Waals surface area contributed by atoms with E-state index in [1.807, 2.05) is 20.8 Å². The fraction of sp³-hybridized carbons (Fsp3) is 0.692. The molecule has 0 aromatic carbocycles. The van der Waals surface area contributed by atoms with E-state index in [0.717, 1.165) is 0 Å². The standard InChI is InChI=1S/C26H36O8/c1-12-18(30)9-10-26(8)21(12)22(32-14(3)27)17-11-19(31)13(2)20(25(17,6)7)23(33-15(4)28)24(26)34-16(5)29/h17-18,21-24,30H,1,9-11H2,2-8H3/t17-,18-,21-,22+,23+,24-,26+/m0/s1. The number of Topliss-reactive ketones (excluding diaryl/α,β-unsaturated/α-hetero) is 1. The summed E-state index contributed by atoms with van der Waals surface area (Å²) >= 11 is 0. The molecule has 0 saturated heterocycles. The molecule has 0 heterocycles. The van der Waals surface area contributed by atoms with E-state index in [2.05, 4.69) is 6.58 Å². The molecular formula is C26H36O8. The van der Waals surface area contributed by atoms with Gasteiger partial charge in [-0.05, 0) is 41.9 Å². The van der Waals surface area contributed by atoms with Crippen LogP contribution in [-0.2, 0) is 33.4 Å². The van der Waals surface area contributed by atoms with Crippen LogP contribution in [0.2, 0.25) is 0 Å². The highest BCUT2D eigenvalue weighted by molar-refractivity contribution is 5.97. The predicted octanol–water partition coefficient (Wildman–Crippen LogP) is 3.06. The van der Waals surface area contributed by atoms with Gasteiger partial charge in [0.15, 0.2) is 11.9 Å². The molecule has 0 radical (unpaired) electrons. The monoisotopic (exact) mass is 476 g/mol. The highest BCUT2D eigenvalue weighted by Crippen LogP contribution is 2.60. The van der Waals surface area contributed by atoms with Gasteiger partial charge in [-0.15, -0.1) is 0 Å². The van der Waals surface area contributed by atoms with Crippen LogP contribution in [0, 0.1) is 22.7 Å². The maximum absolute atomic E-state index is 13.2. The van der Waals surface area contributed by atoms with Crippen LogP contribution in [0.15, 0.2) is 23.3 Å². The molecule has 3 aliphatic rings. The Bertz CT molecular complexity index is 960. The molecule has 0 aromatic heterocycles. The zero-order valence-corrected chi connectivity index (χ0v) is 21.1. The van der Waals surface area contributed by atoms with E-state index >= 15 is 0 Å². The minimum atomic E-state index is -1.02. The third-order valence-electron chi connectivity index (χ3n) is 8.17. The zero-order valence-electron chi connectivity index (χ0n) is 21.1. The van der Waals surface area contributed by atoms with Crippen molar-refractivity contribution in [3.05, 3.63) is 23.3 Å². The first-order valence-corrected chi connectivity index (χ1v) is 11.8. The number of carbonyl (C=O) groups excluding carboxylic acids is 4. The van der Waals surface area contributed by atoms with Gasteiger partial charge < -0.3 is 19.3 Å². The van der Waals surface area contributed by atoms with E-state index in [4.69, 9.17) is 14.2 Å². The fourth-order valence-electron chi connectivity index (χ4n) is 6.62. The molecule has 1 N–H and O–H groups in total. The molecule has 3 aliphatic carbocycles. The van der Waals surface area contributed by atoms with Crippen LogP contribution in [0.3, 0.4) is 0 Å². The molecule has 2 fully saturated rings. The van der Waals surface area contributed by atoms with Gasteiger partial charge in [0.25, 0.3) is 0 Å². The van der Waals surface area contributed by atoms with Gasteiger partial charge in [-0.2, -0.15) is 0 Å². The van der Waals surface area contributed by atoms with Gasteiger partial charge in [-0.25, -0.2) is 0 Å². The SMILES string of the molecule is C=C1[C@@H](O)CC[C@@]2(C)[C@@H](OC(C)=O)[C@H](OC(C)=O)C3=C(C)C(=O)C[C@@H]([C@@H](OC(C)=O)[C@H]12)C3(C)C. The van der Waals surface area contributed by atoms with Gasteiger partial charge in [0.05, 0.1) is 6.10 Å². The molecule has 8 nitrogen and oxygen atoms in total. The summed E-state index contributed by atoms with van der Waals surface area (Å²) in [5.74, 6) is -2.92. The lowest BCUT2D eigenvalue weighted by molar-refractivity contribution is -0.201. The van der Waals surface area contributed by atoms with E-state index in [1.54, 1.807) is 6.92 Å². The number of hydrogen-bond acceptors (Lipinski definition) is 8. The van der Waals surface area contributed by atoms with Crippen molar-refractivity contribution in [2.45, 2.75) is 92.1 Å². The summed E-state index contributed by atoms with van der Waals surface area (Å²) in [7, 11) is 0. The molecule has 34 heavy (non-hydrogen) atoms. The summed E-state index contributed by atoms with van der Waals surface area (Å²) in [6.07, 6.45) is -2.77. The van der Waals surface area contributed by atoms with Gasteiger partial charge in [0.2, 0.25) is 0 Å². The maximum atomic E-state index is 13.2. The van der Waals surface area contributed by atoms with Crippen LogP contribution in [-0.4, -0.2) is 53.2 Å². The molecule has 3 rings (SSSR count). The average Bonchev–Trinajstić information content (AvgIpc) is 2.69. The largest absolute Gasteiger partial charge is 0.462 e. The lowest BCUT2D eigenvalue weighted by Gasteiger charge is -2.59. The van der Waals surface area contributed by atoms with Crippen molar-refractivity contribution < 1.29 is 38.5 Å². The number of aliphatic hydroxyl groups is 1. The topological polar surface area (TPSA) is 116 Å². The second-order valence-electron chi connectivity index (χ2n) is 10.7. The fourth-order valence-corrected chi connectivity index (χ4v) is 6.62. The number of allylic oxidation sites excluding steroid dienone is 1. The summed E-state index contributed by atoms with van der Waals surface area (Å²) in [6, 6.07) is 0. The molecule has 2 saturated carbocycles. The molecule has 0 unspecified atom stereocenters. The van der Waals surface area contributed by atoms with E-state index in [9.17, 15) is 24.3 Å². The first-order valence-electron chi connectivity index (χ1n) is 11.8. The number of rotatable bonds is 3. The van der Waals surface area contributed by atoms with E-state index in [0.29, 0.717) is 29.6 Å². The predicted molar refractivity (Wildman–Crippen MR) is 122 cm³/mol. The van der Waals surface area contributed by atoms with Crippen LogP contribution in [0.1, 0.15) is 67.7 Å². The Morgan fingerprint density at radius 1 is 1.00 bits per heavy atom. The first-order chi connectivity index (χ1) is 15.6. The van der Waals surface area contributed by atoms with Gasteiger partial charge in [-0.1, -0.05) is 27.4 Å². The van der Waals surface area contributed by atoms with Crippen molar-refractivity contribution >= 4 is 23.7 Å². The number of ketones is 1. The van der Waals surface area contributed by atoms with Crippen LogP contribution >= 0.6 is 0 Å². The molecule has 0 aromatic rings. The molecule has 188 valence electrons. The quantitative estimate of drug-likeness (QED) is 0.375. The second-order valence-corrected chi connectivity index (χ2v) is 10.7. The number of carbonyl (C=O) groups is 4. The molecule has 8 heteroatoms. The number of hydrogen-bond donors (Lipinski definition) is 1. The summed E-state index contributed by atoms with van der Waals surface area (Å²) in [6.45, 7) is 15.4. The smallest absolute Gasteiger partial charge is 0.303 e. The molecule has 0 spiro atoms. The Morgan fingerprint density at radius 2 is 1.56 bits per heavy atom. The lowest BCUT2D eigenvalue weighted by Crippen LogP contribution is -2.63. The summed E-state index contributed by atoms with van der Waals surface area (Å²) < 4.78 is 17.7. The number of esters is 3. The Hall–Kier alpha value is -2.48. The number of ether oxygens (including phenoxy) is 3. The second kappa shape index (κ2) is 8.95. The van der Waals surface area contributed by atoms with Crippen molar-refractivity contribution in [3.8, 4) is 0 Å². The highest BCUT2D eigenvalue weighted by atomic mass is 16.6. The summed E-state index contributed by atoms with van der Waals surface area (Å²) in [4.78, 5) is 50.2. The summed E-state index contributed by atoms with van der Waals surface area (Å²) in [5, 5.41) is 10.8. The van der Waals surface area contributed by atoms with E-state index in [-0.39, 0.29) is 12.2 Å². The van der Waals surface area contributed by atoms with E-state index < -0.39 is 65.0 Å². The Kier molecular flexibility index (Phi) is 6.88. The molecular weight excluding hydrogens is 440 g/mol. The molecule has 2 bridgehead atoms. The number of aliphatic hydroxyl groups excluding tert-OH is 1. The van der Waals surface area contributed by atoms with Gasteiger partial charge in [-0.3, -0.25) is 19.2 Å². The molecule has 7 atom stereocenters. The Balaban J connectivity index is 2.41. The normalized spacial score (nSPS) is 37.2. The zero-order chi connectivity index (χ0) is 25.7. The van der Waals surface area contributed by atoms with Gasteiger partial charge in [0.1, 0.15) is 12.2 Å². The van der Waals surface area contributed by atoms with Crippen molar-refractivity contribution in [1.82, 2.24) is 0 Å². The van der Waals surface area contributed by atoms with Crippen LogP contribution < -0.4 is 0 Å². The van der Waals surface area contributed by atoms with Gasteiger partial charge in [0, 0.05) is 44.4 Å². The summed E-state index contributed by atoms with van der Waals surface area (Å²) in [5.41, 5.74) is -0.174. The minimum absolute atomic E-state index is 0.126. The van der Waals surface area contributed by atoms with Crippen molar-refractivity contribution in [2.24, 2.45) is 22.7 Å². The van der Waals surface area contributed by atoms with E-state index in [1.165, 1.54) is 20.8 Å². The number of fused-ring (bicyclic) bond motifs is 3. The van der Waals surface area contributed by atoms with Crippen molar-refractivity contribution in [1.29, 1.82) is 0 Å². The van der Waals surface area contributed by atoms with Crippen LogP contribution in [0.5, 0.6) is 0 Å². The third kappa shape index (κ3) is 4.21. The Labute approximate surface area is 200 Å². The Morgan fingerprint density at radius 3 is 2.09 bits per heavy atom. The van der Waals surface area contributed by atoms with Crippen molar-refractivity contribution in [3.63, 3.8) is 0 Å². The minimum Gasteiger partial charge on any atom is -0.462 e. The maximum Gasteiger partial charge on any atom is 0.303 e. The molecule has 0 aliphatic heterocycles. The molecule has 0 amide bonds. The van der Waals surface area contributed by atoms with Gasteiger partial charge >= 0.3 is 17.9 Å². The lowest BCUT2D eigenvalue weighted by atomic mass is 9.49. The highest BCUT2D eigenvalue weighted by Gasteiger charge is 2.63. The third-order valence-corrected chi connectivity index (χ3v) is 8.17. The van der Waals surface area contributed by atoms with Crippen molar-refractivity contribution in [2.75, 3.05) is 0 Å².